The molecule has 1 aliphatic carbocycles. The van der Waals surface area contributed by atoms with Crippen LogP contribution in [0.4, 0.5) is 4.39 Å². The summed E-state index contributed by atoms with van der Waals surface area (Å²) in [5.41, 5.74) is 2.31. The van der Waals surface area contributed by atoms with E-state index in [9.17, 15) is 14.0 Å². The second-order valence-electron chi connectivity index (χ2n) is 9.39. The Bertz CT molecular complexity index is 1190. The summed E-state index contributed by atoms with van der Waals surface area (Å²) < 4.78 is 14.1. The van der Waals surface area contributed by atoms with Gasteiger partial charge in [0.15, 0.2) is 0 Å². The van der Waals surface area contributed by atoms with Gasteiger partial charge in [0.05, 0.1) is 5.75 Å². The summed E-state index contributed by atoms with van der Waals surface area (Å²) in [7, 11) is 0. The number of benzene rings is 3. The van der Waals surface area contributed by atoms with E-state index < -0.39 is 6.04 Å². The molecule has 7 heteroatoms. The first kappa shape index (κ1) is 27.2. The first-order valence-corrected chi connectivity index (χ1v) is 14.2. The van der Waals surface area contributed by atoms with Crippen molar-refractivity contribution >= 4 is 35.2 Å². The minimum Gasteiger partial charge on any atom is -0.352 e. The zero-order valence-corrected chi connectivity index (χ0v) is 22.3. The summed E-state index contributed by atoms with van der Waals surface area (Å²) in [5.74, 6) is -0.108. The topological polar surface area (TPSA) is 49.4 Å². The van der Waals surface area contributed by atoms with Gasteiger partial charge in [0.2, 0.25) is 11.8 Å². The predicted molar refractivity (Wildman–Crippen MR) is 149 cm³/mol. The van der Waals surface area contributed by atoms with Crippen molar-refractivity contribution in [2.75, 3.05) is 5.75 Å². The lowest BCUT2D eigenvalue weighted by atomic mass is 10.0. The molecule has 4 rings (SSSR count). The minimum atomic E-state index is -0.694. The van der Waals surface area contributed by atoms with Crippen molar-refractivity contribution in [3.05, 3.63) is 106 Å². The third-order valence-corrected chi connectivity index (χ3v) is 8.05. The van der Waals surface area contributed by atoms with Crippen molar-refractivity contribution in [1.82, 2.24) is 10.2 Å². The monoisotopic (exact) mass is 538 g/mol. The summed E-state index contributed by atoms with van der Waals surface area (Å²) in [6.07, 6.45) is 4.52. The van der Waals surface area contributed by atoms with Crippen molar-refractivity contribution in [1.29, 1.82) is 0 Å². The van der Waals surface area contributed by atoms with Gasteiger partial charge in [0, 0.05) is 29.8 Å². The standard InChI is InChI=1S/C30H32ClFN2O2S/c31-26-16-8-4-12-23(26)19-34(29(35)21-37-20-24-13-5-9-17-27(24)32)28(18-22-10-2-1-3-11-22)30(36)33-25-14-6-7-15-25/h1-5,8-13,16-17,25,28H,6-7,14-15,18-21H2,(H,33,36)/t28-/m0/s1. The Labute approximate surface area is 227 Å². The molecule has 0 saturated heterocycles. The van der Waals surface area contributed by atoms with Crippen molar-refractivity contribution in [3.63, 3.8) is 0 Å². The van der Waals surface area contributed by atoms with Crippen molar-refractivity contribution in [3.8, 4) is 0 Å². The first-order valence-electron chi connectivity index (χ1n) is 12.7. The minimum absolute atomic E-state index is 0.126. The summed E-state index contributed by atoms with van der Waals surface area (Å²) in [5, 5.41) is 3.75. The number of halogens is 2. The molecule has 0 radical (unpaired) electrons. The lowest BCUT2D eigenvalue weighted by molar-refractivity contribution is -0.139. The highest BCUT2D eigenvalue weighted by molar-refractivity contribution is 7.99. The van der Waals surface area contributed by atoms with E-state index in [1.807, 2.05) is 48.5 Å². The smallest absolute Gasteiger partial charge is 0.243 e. The molecule has 0 spiro atoms. The molecular formula is C30H32ClFN2O2S. The van der Waals surface area contributed by atoms with Crippen LogP contribution in [0, 0.1) is 5.82 Å². The van der Waals surface area contributed by atoms with Crippen LogP contribution in [0.5, 0.6) is 0 Å². The van der Waals surface area contributed by atoms with Gasteiger partial charge in [-0.1, -0.05) is 91.2 Å². The van der Waals surface area contributed by atoms with Gasteiger partial charge < -0.3 is 10.2 Å². The van der Waals surface area contributed by atoms with Crippen LogP contribution in [-0.2, 0) is 28.3 Å². The molecule has 1 saturated carbocycles. The maximum absolute atomic E-state index is 14.1. The summed E-state index contributed by atoms with van der Waals surface area (Å²) in [6.45, 7) is 0.217. The largest absolute Gasteiger partial charge is 0.352 e. The first-order chi connectivity index (χ1) is 18.0. The average molecular weight is 539 g/mol. The predicted octanol–water partition coefficient (Wildman–Crippen LogP) is 6.41. The summed E-state index contributed by atoms with van der Waals surface area (Å²) in [4.78, 5) is 29.0. The van der Waals surface area contributed by atoms with E-state index in [2.05, 4.69) is 5.32 Å². The number of thioether (sulfide) groups is 1. The number of hydrogen-bond donors (Lipinski definition) is 1. The molecule has 37 heavy (non-hydrogen) atoms. The van der Waals surface area contributed by atoms with E-state index in [0.717, 1.165) is 36.8 Å². The highest BCUT2D eigenvalue weighted by Crippen LogP contribution is 2.24. The molecule has 0 unspecified atom stereocenters. The zero-order chi connectivity index (χ0) is 26.0. The number of carbonyl (C=O) groups is 2. The molecule has 1 fully saturated rings. The molecule has 0 bridgehead atoms. The zero-order valence-electron chi connectivity index (χ0n) is 20.7. The van der Waals surface area contributed by atoms with E-state index >= 15 is 0 Å². The maximum atomic E-state index is 14.1. The van der Waals surface area contributed by atoms with Crippen LogP contribution in [0.25, 0.3) is 0 Å². The number of amides is 2. The van der Waals surface area contributed by atoms with Gasteiger partial charge in [-0.2, -0.15) is 0 Å². The molecule has 194 valence electrons. The fourth-order valence-electron chi connectivity index (χ4n) is 4.68. The number of hydrogen-bond acceptors (Lipinski definition) is 3. The fourth-order valence-corrected chi connectivity index (χ4v) is 5.77. The van der Waals surface area contributed by atoms with Crippen LogP contribution in [0.1, 0.15) is 42.4 Å². The molecule has 1 N–H and O–H groups in total. The van der Waals surface area contributed by atoms with E-state index in [1.54, 1.807) is 29.2 Å². The lowest BCUT2D eigenvalue weighted by Gasteiger charge is -2.32. The van der Waals surface area contributed by atoms with Gasteiger partial charge in [-0.05, 0) is 41.7 Å². The Kier molecular flexibility index (Phi) is 10.0. The van der Waals surface area contributed by atoms with Crippen molar-refractivity contribution in [2.24, 2.45) is 0 Å². The summed E-state index contributed by atoms with van der Waals surface area (Å²) in [6, 6.07) is 23.2. The molecule has 0 aliphatic heterocycles. The van der Waals surface area contributed by atoms with Crippen LogP contribution in [-0.4, -0.2) is 34.6 Å². The van der Waals surface area contributed by atoms with Crippen molar-refractivity contribution in [2.45, 2.75) is 56.5 Å². The molecule has 4 nitrogen and oxygen atoms in total. The van der Waals surface area contributed by atoms with Crippen LogP contribution in [0.3, 0.4) is 0 Å². The van der Waals surface area contributed by atoms with Gasteiger partial charge in [0.1, 0.15) is 11.9 Å². The third kappa shape index (κ3) is 7.83. The van der Waals surface area contributed by atoms with Crippen LogP contribution in [0.2, 0.25) is 5.02 Å². The van der Waals surface area contributed by atoms with Crippen molar-refractivity contribution < 1.29 is 14.0 Å². The van der Waals surface area contributed by atoms with E-state index in [-0.39, 0.29) is 36.0 Å². The average Bonchev–Trinajstić information content (AvgIpc) is 3.42. The fraction of sp³-hybridized carbons (Fsp3) is 0.333. The Balaban J connectivity index is 1.58. The highest BCUT2D eigenvalue weighted by Gasteiger charge is 2.32. The van der Waals surface area contributed by atoms with E-state index in [1.165, 1.54) is 17.8 Å². The number of rotatable bonds is 11. The Hall–Kier alpha value is -2.83. The second kappa shape index (κ2) is 13.6. The van der Waals surface area contributed by atoms with Gasteiger partial charge in [-0.3, -0.25) is 9.59 Å². The Morgan fingerprint density at radius 2 is 1.59 bits per heavy atom. The van der Waals surface area contributed by atoms with Gasteiger partial charge in [0.25, 0.3) is 0 Å². The SMILES string of the molecule is O=C(NC1CCCC1)[C@H](Cc1ccccc1)N(Cc1ccccc1Cl)C(=O)CSCc1ccccc1F. The van der Waals surface area contributed by atoms with Crippen LogP contribution >= 0.6 is 23.4 Å². The van der Waals surface area contributed by atoms with E-state index in [4.69, 9.17) is 11.6 Å². The Morgan fingerprint density at radius 3 is 2.30 bits per heavy atom. The van der Waals surface area contributed by atoms with Gasteiger partial charge >= 0.3 is 0 Å². The molecular weight excluding hydrogens is 507 g/mol. The summed E-state index contributed by atoms with van der Waals surface area (Å²) >= 11 is 7.82. The van der Waals surface area contributed by atoms with E-state index in [0.29, 0.717) is 22.8 Å². The molecule has 3 aromatic rings. The number of carbonyl (C=O) groups excluding carboxylic acids is 2. The van der Waals surface area contributed by atoms with Crippen LogP contribution < -0.4 is 5.32 Å². The van der Waals surface area contributed by atoms with Gasteiger partial charge in [-0.25, -0.2) is 4.39 Å². The second-order valence-corrected chi connectivity index (χ2v) is 10.8. The molecule has 2 amide bonds. The maximum Gasteiger partial charge on any atom is 0.243 e. The lowest BCUT2D eigenvalue weighted by Crippen LogP contribution is -2.52. The van der Waals surface area contributed by atoms with Gasteiger partial charge in [-0.15, -0.1) is 11.8 Å². The third-order valence-electron chi connectivity index (χ3n) is 6.71. The number of nitrogens with one attached hydrogen (secondary N) is 1. The highest BCUT2D eigenvalue weighted by atomic mass is 35.5. The Morgan fingerprint density at radius 1 is 0.946 bits per heavy atom. The molecule has 1 aliphatic rings. The molecule has 3 aromatic carbocycles. The van der Waals surface area contributed by atoms with Crippen LogP contribution in [0.15, 0.2) is 78.9 Å². The quantitative estimate of drug-likeness (QED) is 0.307. The molecule has 0 heterocycles. The number of nitrogens with zero attached hydrogens (tertiary/aromatic N) is 1. The normalized spacial score (nSPS) is 14.3. The molecule has 1 atom stereocenters. The molecule has 0 aromatic heterocycles.